The van der Waals surface area contributed by atoms with Gasteiger partial charge >= 0.3 is 6.18 Å². The number of alkyl halides is 3. The number of sulfonamides is 2. The quantitative estimate of drug-likeness (QED) is 0.349. The molecule has 0 aromatic heterocycles. The lowest BCUT2D eigenvalue weighted by Crippen LogP contribution is -2.24. The Balaban J connectivity index is 1.56. The second-order valence-electron chi connectivity index (χ2n) is 8.32. The van der Waals surface area contributed by atoms with Gasteiger partial charge in [-0.2, -0.15) is 13.2 Å². The average Bonchev–Trinajstić information content (AvgIpc) is 2.84. The fourth-order valence-electron chi connectivity index (χ4n) is 3.15. The molecule has 3 rings (SSSR count). The number of amides is 1. The number of hydrogen-bond donors (Lipinski definition) is 2. The molecule has 0 heterocycles. The Morgan fingerprint density at radius 1 is 0.949 bits per heavy atom. The summed E-state index contributed by atoms with van der Waals surface area (Å²) in [5, 5.41) is 1.97. The Morgan fingerprint density at radius 3 is 2.10 bits per heavy atom. The maximum Gasteiger partial charge on any atom is 0.417 e. The number of nitrogens with one attached hydrogen (secondary N) is 2. The van der Waals surface area contributed by atoms with E-state index in [9.17, 15) is 34.8 Å². The van der Waals surface area contributed by atoms with Crippen LogP contribution in [0.15, 0.2) is 71.6 Å². The highest BCUT2D eigenvalue weighted by Gasteiger charge is 2.33. The van der Waals surface area contributed by atoms with Gasteiger partial charge in [0.15, 0.2) is 6.61 Å². The molecule has 0 aliphatic heterocycles. The number of nitrogens with zero attached hydrogens (tertiary/aromatic N) is 1. The second kappa shape index (κ2) is 11.8. The van der Waals surface area contributed by atoms with Crippen LogP contribution in [0.4, 0.5) is 24.5 Å². The smallest absolute Gasteiger partial charge is 0.417 e. The number of carbonyl (C=O) groups is 1. The van der Waals surface area contributed by atoms with Crippen molar-refractivity contribution in [3.63, 3.8) is 0 Å². The molecular formula is C24H23ClF3N3O6S2. The van der Waals surface area contributed by atoms with Gasteiger partial charge in [0, 0.05) is 25.0 Å². The first kappa shape index (κ1) is 30.2. The topological polar surface area (TPSA) is 122 Å². The van der Waals surface area contributed by atoms with Crippen LogP contribution in [0.5, 0.6) is 5.75 Å². The Morgan fingerprint density at radius 2 is 1.54 bits per heavy atom. The van der Waals surface area contributed by atoms with Gasteiger partial charge in [-0.3, -0.25) is 9.52 Å². The van der Waals surface area contributed by atoms with Crippen molar-refractivity contribution in [1.29, 1.82) is 0 Å². The zero-order chi connectivity index (χ0) is 29.0. The van der Waals surface area contributed by atoms with E-state index >= 15 is 0 Å². The standard InChI is InChI=1S/C24H23ClF3N3O6S2/c1-31(38(2,33)34)14-16-3-8-19(9-4-16)37-15-23(32)29-17-5-10-20(11-6-17)39(35,36)30-18-7-12-22(25)21(13-18)24(26,27)28/h3-13,30H,14-15H2,1-2H3,(H,29,32). The highest BCUT2D eigenvalue weighted by molar-refractivity contribution is 7.92. The van der Waals surface area contributed by atoms with Crippen LogP contribution in [0.3, 0.4) is 0 Å². The number of benzene rings is 3. The Bertz CT molecular complexity index is 1550. The molecule has 15 heteroatoms. The highest BCUT2D eigenvalue weighted by atomic mass is 35.5. The van der Waals surface area contributed by atoms with E-state index in [-0.39, 0.29) is 29.4 Å². The predicted molar refractivity (Wildman–Crippen MR) is 141 cm³/mol. The maximum atomic E-state index is 13.1. The molecule has 0 spiro atoms. The molecule has 0 aliphatic rings. The summed E-state index contributed by atoms with van der Waals surface area (Å²) >= 11 is 5.56. The summed E-state index contributed by atoms with van der Waals surface area (Å²) in [4.78, 5) is 12.0. The van der Waals surface area contributed by atoms with Gasteiger partial charge in [-0.1, -0.05) is 23.7 Å². The minimum atomic E-state index is -4.76. The van der Waals surface area contributed by atoms with E-state index in [1.54, 1.807) is 24.3 Å². The summed E-state index contributed by atoms with van der Waals surface area (Å²) in [7, 11) is -6.11. The van der Waals surface area contributed by atoms with Gasteiger partial charge in [0.05, 0.1) is 21.7 Å². The van der Waals surface area contributed by atoms with E-state index in [1.165, 1.54) is 35.6 Å². The second-order valence-corrected chi connectivity index (χ2v) is 12.5. The lowest BCUT2D eigenvalue weighted by molar-refractivity contribution is -0.137. The molecule has 9 nitrogen and oxygen atoms in total. The molecule has 0 fully saturated rings. The number of carbonyl (C=O) groups excluding carboxylic acids is 1. The van der Waals surface area contributed by atoms with Crippen LogP contribution in [-0.4, -0.2) is 47.0 Å². The Kier molecular flexibility index (Phi) is 9.16. The summed E-state index contributed by atoms with van der Waals surface area (Å²) in [6.07, 6.45) is -3.66. The third-order valence-corrected chi connectivity index (χ3v) is 8.23. The first-order valence-corrected chi connectivity index (χ1v) is 14.7. The summed E-state index contributed by atoms with van der Waals surface area (Å²) in [5.74, 6) is -0.162. The number of anilines is 2. The van der Waals surface area contributed by atoms with Gasteiger partial charge in [0.2, 0.25) is 10.0 Å². The minimum absolute atomic E-state index is 0.176. The molecule has 0 saturated heterocycles. The van der Waals surface area contributed by atoms with E-state index < -0.39 is 42.7 Å². The minimum Gasteiger partial charge on any atom is -0.484 e. The molecular weight excluding hydrogens is 583 g/mol. The van der Waals surface area contributed by atoms with Crippen LogP contribution in [-0.2, 0) is 37.6 Å². The number of rotatable bonds is 10. The Hall–Kier alpha value is -3.33. The van der Waals surface area contributed by atoms with E-state index in [0.717, 1.165) is 24.0 Å². The first-order chi connectivity index (χ1) is 18.0. The van der Waals surface area contributed by atoms with E-state index in [1.807, 2.05) is 0 Å². The van der Waals surface area contributed by atoms with Crippen molar-refractivity contribution in [2.45, 2.75) is 17.6 Å². The maximum absolute atomic E-state index is 13.1. The van der Waals surface area contributed by atoms with E-state index in [4.69, 9.17) is 16.3 Å². The SMILES string of the molecule is CN(Cc1ccc(OCC(=O)Nc2ccc(S(=O)(=O)Nc3ccc(Cl)c(C(F)(F)F)c3)cc2)cc1)S(C)(=O)=O. The van der Waals surface area contributed by atoms with Gasteiger partial charge in [-0.15, -0.1) is 0 Å². The van der Waals surface area contributed by atoms with Gasteiger partial charge in [0.1, 0.15) is 5.75 Å². The van der Waals surface area contributed by atoms with Gasteiger partial charge < -0.3 is 10.1 Å². The monoisotopic (exact) mass is 605 g/mol. The fraction of sp³-hybridized carbons (Fsp3) is 0.208. The largest absolute Gasteiger partial charge is 0.484 e. The van der Waals surface area contributed by atoms with Crippen LogP contribution in [0.1, 0.15) is 11.1 Å². The van der Waals surface area contributed by atoms with Gasteiger partial charge in [0.25, 0.3) is 15.9 Å². The third-order valence-electron chi connectivity index (χ3n) is 5.24. The van der Waals surface area contributed by atoms with Crippen molar-refractivity contribution in [3.8, 4) is 5.75 Å². The van der Waals surface area contributed by atoms with Gasteiger partial charge in [-0.25, -0.2) is 21.1 Å². The van der Waals surface area contributed by atoms with Crippen LogP contribution in [0, 0.1) is 0 Å². The summed E-state index contributed by atoms with van der Waals surface area (Å²) in [6.45, 7) is -0.183. The average molecular weight is 606 g/mol. The summed E-state index contributed by atoms with van der Waals surface area (Å²) < 4.78 is 96.1. The molecule has 0 aliphatic carbocycles. The molecule has 3 aromatic carbocycles. The van der Waals surface area contributed by atoms with Crippen molar-refractivity contribution in [2.24, 2.45) is 0 Å². The van der Waals surface area contributed by atoms with Gasteiger partial charge in [-0.05, 0) is 60.2 Å². The lowest BCUT2D eigenvalue weighted by atomic mass is 10.2. The van der Waals surface area contributed by atoms with Crippen molar-refractivity contribution < 1.29 is 39.5 Å². The molecule has 3 aromatic rings. The first-order valence-electron chi connectivity index (χ1n) is 11.0. The van der Waals surface area contributed by atoms with E-state index in [0.29, 0.717) is 11.8 Å². The number of ether oxygens (including phenoxy) is 1. The third kappa shape index (κ3) is 8.58. The summed E-state index contributed by atoms with van der Waals surface area (Å²) in [6, 6.07) is 14.1. The molecule has 0 unspecified atom stereocenters. The molecule has 210 valence electrons. The van der Waals surface area contributed by atoms with Crippen molar-refractivity contribution >= 4 is 48.9 Å². The van der Waals surface area contributed by atoms with Crippen molar-refractivity contribution in [2.75, 3.05) is 29.9 Å². The number of halogens is 4. The lowest BCUT2D eigenvalue weighted by Gasteiger charge is -2.14. The molecule has 0 atom stereocenters. The van der Waals surface area contributed by atoms with Crippen LogP contribution in [0.25, 0.3) is 0 Å². The van der Waals surface area contributed by atoms with Crippen LogP contribution < -0.4 is 14.8 Å². The van der Waals surface area contributed by atoms with Crippen LogP contribution >= 0.6 is 11.6 Å². The zero-order valence-electron chi connectivity index (χ0n) is 20.5. The fourth-order valence-corrected chi connectivity index (χ4v) is 4.81. The van der Waals surface area contributed by atoms with Crippen molar-refractivity contribution in [1.82, 2.24) is 4.31 Å². The zero-order valence-corrected chi connectivity index (χ0v) is 22.9. The Labute approximate surface area is 228 Å². The molecule has 39 heavy (non-hydrogen) atoms. The molecule has 0 radical (unpaired) electrons. The molecule has 0 bridgehead atoms. The summed E-state index contributed by atoms with van der Waals surface area (Å²) in [5.41, 5.74) is -0.523. The van der Waals surface area contributed by atoms with Crippen LogP contribution in [0.2, 0.25) is 5.02 Å². The van der Waals surface area contributed by atoms with E-state index in [2.05, 4.69) is 10.0 Å². The highest BCUT2D eigenvalue weighted by Crippen LogP contribution is 2.36. The van der Waals surface area contributed by atoms with Crippen molar-refractivity contribution in [3.05, 3.63) is 82.9 Å². The molecule has 0 saturated carbocycles. The predicted octanol–water partition coefficient (Wildman–Crippen LogP) is 4.57. The normalized spacial score (nSPS) is 12.3. The molecule has 1 amide bonds. The molecule has 2 N–H and O–H groups in total. The number of hydrogen-bond acceptors (Lipinski definition) is 6.